The van der Waals surface area contributed by atoms with E-state index in [1.54, 1.807) is 0 Å². The maximum absolute atomic E-state index is 11.7. The second-order valence-corrected chi connectivity index (χ2v) is 8.23. The first-order valence-electron chi connectivity index (χ1n) is 11.0. The van der Waals surface area contributed by atoms with Crippen molar-refractivity contribution in [3.63, 3.8) is 0 Å². The van der Waals surface area contributed by atoms with Gasteiger partial charge in [0, 0.05) is 37.6 Å². The summed E-state index contributed by atoms with van der Waals surface area (Å²) in [6, 6.07) is 8.40. The van der Waals surface area contributed by atoms with Crippen LogP contribution in [-0.2, 0) is 4.79 Å². The van der Waals surface area contributed by atoms with Crippen LogP contribution >= 0.6 is 11.6 Å². The fourth-order valence-electron chi connectivity index (χ4n) is 4.14. The van der Waals surface area contributed by atoms with Crippen molar-refractivity contribution in [2.24, 2.45) is 4.99 Å². The summed E-state index contributed by atoms with van der Waals surface area (Å²) in [5, 5.41) is 7.54. The van der Waals surface area contributed by atoms with Gasteiger partial charge in [0.1, 0.15) is 0 Å². The lowest BCUT2D eigenvalue weighted by atomic mass is 10.1. The largest absolute Gasteiger partial charge is 0.357 e. The van der Waals surface area contributed by atoms with Gasteiger partial charge < -0.3 is 15.5 Å². The highest BCUT2D eigenvalue weighted by Crippen LogP contribution is 2.27. The molecule has 2 aliphatic heterocycles. The molecule has 160 valence electrons. The number of halogens is 1. The zero-order chi connectivity index (χ0) is 20.5. The van der Waals surface area contributed by atoms with Gasteiger partial charge in [-0.1, -0.05) is 23.7 Å². The number of benzene rings is 1. The maximum atomic E-state index is 11.7. The predicted octanol–water partition coefficient (Wildman–Crippen LogP) is 3.04. The molecule has 1 aromatic rings. The lowest BCUT2D eigenvalue weighted by Crippen LogP contribution is -2.39. The molecular weight excluding hydrogens is 386 g/mol. The highest BCUT2D eigenvalue weighted by Gasteiger charge is 2.23. The molecule has 2 heterocycles. The van der Waals surface area contributed by atoms with Crippen LogP contribution in [0.1, 0.15) is 50.6 Å². The molecule has 0 bridgehead atoms. The summed E-state index contributed by atoms with van der Waals surface area (Å²) >= 11 is 6.25. The Morgan fingerprint density at radius 3 is 2.72 bits per heavy atom. The van der Waals surface area contributed by atoms with Crippen LogP contribution in [0.5, 0.6) is 0 Å². The van der Waals surface area contributed by atoms with E-state index >= 15 is 0 Å². The second-order valence-electron chi connectivity index (χ2n) is 7.80. The Labute approximate surface area is 179 Å². The molecule has 1 amide bonds. The van der Waals surface area contributed by atoms with Crippen LogP contribution in [-0.4, -0.2) is 67.5 Å². The summed E-state index contributed by atoms with van der Waals surface area (Å²) in [6.07, 6.45) is 5.12. The molecule has 2 saturated heterocycles. The second kappa shape index (κ2) is 11.4. The normalized spacial score (nSPS) is 19.0. The standard InChI is InChI=1S/C22H34ClN5O/c1-2-24-22(25-11-7-15-28-14-6-10-21(28)29)26-17-20(27-12-3-4-13-27)18-8-5-9-19(23)16-18/h5,8-9,16,20H,2-4,6-7,10-15,17H2,1H3,(H2,24,25,26). The van der Waals surface area contributed by atoms with E-state index in [0.717, 1.165) is 63.1 Å². The monoisotopic (exact) mass is 419 g/mol. The lowest BCUT2D eigenvalue weighted by Gasteiger charge is -2.27. The zero-order valence-corrected chi connectivity index (χ0v) is 18.3. The molecule has 0 spiro atoms. The van der Waals surface area contributed by atoms with Crippen LogP contribution in [0.2, 0.25) is 5.02 Å². The number of amides is 1. The molecule has 3 rings (SSSR count). The first-order valence-corrected chi connectivity index (χ1v) is 11.3. The molecule has 0 radical (unpaired) electrons. The van der Waals surface area contributed by atoms with E-state index in [0.29, 0.717) is 18.9 Å². The fourth-order valence-corrected chi connectivity index (χ4v) is 4.33. The van der Waals surface area contributed by atoms with E-state index in [-0.39, 0.29) is 6.04 Å². The molecule has 6 nitrogen and oxygen atoms in total. The van der Waals surface area contributed by atoms with Crippen LogP contribution in [0.4, 0.5) is 0 Å². The quantitative estimate of drug-likeness (QED) is 0.367. The van der Waals surface area contributed by atoms with Crippen LogP contribution in [0.15, 0.2) is 29.3 Å². The first-order chi connectivity index (χ1) is 14.2. The predicted molar refractivity (Wildman–Crippen MR) is 119 cm³/mol. The third-order valence-electron chi connectivity index (χ3n) is 5.65. The molecule has 29 heavy (non-hydrogen) atoms. The van der Waals surface area contributed by atoms with Crippen molar-refractivity contribution in [3.05, 3.63) is 34.9 Å². The number of hydrogen-bond acceptors (Lipinski definition) is 3. The number of nitrogens with one attached hydrogen (secondary N) is 2. The topological polar surface area (TPSA) is 60.0 Å². The van der Waals surface area contributed by atoms with Crippen LogP contribution in [0.3, 0.4) is 0 Å². The number of carbonyl (C=O) groups is 1. The highest BCUT2D eigenvalue weighted by atomic mass is 35.5. The average molecular weight is 420 g/mol. The number of rotatable bonds is 9. The van der Waals surface area contributed by atoms with E-state index in [2.05, 4.69) is 34.6 Å². The molecule has 1 atom stereocenters. The highest BCUT2D eigenvalue weighted by molar-refractivity contribution is 6.30. The molecule has 2 aliphatic rings. The van der Waals surface area contributed by atoms with Gasteiger partial charge in [0.05, 0.1) is 12.6 Å². The van der Waals surface area contributed by atoms with Crippen molar-refractivity contribution in [1.82, 2.24) is 20.4 Å². The summed E-state index contributed by atoms with van der Waals surface area (Å²) in [7, 11) is 0. The molecule has 0 aromatic heterocycles. The Morgan fingerprint density at radius 1 is 1.21 bits per heavy atom. The minimum absolute atomic E-state index is 0.244. The van der Waals surface area contributed by atoms with E-state index in [9.17, 15) is 4.79 Å². The maximum Gasteiger partial charge on any atom is 0.222 e. The minimum Gasteiger partial charge on any atom is -0.357 e. The van der Waals surface area contributed by atoms with Gasteiger partial charge in [-0.15, -0.1) is 0 Å². The lowest BCUT2D eigenvalue weighted by molar-refractivity contribution is -0.127. The van der Waals surface area contributed by atoms with Gasteiger partial charge >= 0.3 is 0 Å². The molecule has 7 heteroatoms. The molecule has 1 aromatic carbocycles. The summed E-state index contributed by atoms with van der Waals surface area (Å²) < 4.78 is 0. The fraction of sp³-hybridized carbons (Fsp3) is 0.636. The number of likely N-dealkylation sites (tertiary alicyclic amines) is 2. The van der Waals surface area contributed by atoms with Crippen molar-refractivity contribution in [2.45, 2.75) is 45.1 Å². The SMILES string of the molecule is CCNC(=NCC(c1cccc(Cl)c1)N1CCCC1)NCCCN1CCCC1=O. The zero-order valence-electron chi connectivity index (χ0n) is 17.5. The van der Waals surface area contributed by atoms with Gasteiger partial charge in [-0.2, -0.15) is 0 Å². The third-order valence-corrected chi connectivity index (χ3v) is 5.89. The number of carbonyl (C=O) groups excluding carboxylic acids is 1. The first kappa shape index (κ1) is 21.9. The van der Waals surface area contributed by atoms with Gasteiger partial charge in [-0.25, -0.2) is 0 Å². The van der Waals surface area contributed by atoms with Crippen molar-refractivity contribution in [2.75, 3.05) is 45.8 Å². The van der Waals surface area contributed by atoms with Crippen LogP contribution in [0, 0.1) is 0 Å². The van der Waals surface area contributed by atoms with Crippen LogP contribution in [0.25, 0.3) is 0 Å². The van der Waals surface area contributed by atoms with Crippen molar-refractivity contribution >= 4 is 23.5 Å². The molecule has 1 unspecified atom stereocenters. The molecule has 2 N–H and O–H groups in total. The molecule has 0 saturated carbocycles. The molecule has 2 fully saturated rings. The Balaban J connectivity index is 1.57. The summed E-state index contributed by atoms with van der Waals surface area (Å²) in [5.74, 6) is 1.13. The van der Waals surface area contributed by atoms with Crippen molar-refractivity contribution in [3.8, 4) is 0 Å². The average Bonchev–Trinajstić information content (AvgIpc) is 3.37. The summed E-state index contributed by atoms with van der Waals surface area (Å²) in [5.41, 5.74) is 1.23. The van der Waals surface area contributed by atoms with Gasteiger partial charge in [0.2, 0.25) is 5.91 Å². The van der Waals surface area contributed by atoms with E-state index in [1.165, 1.54) is 18.4 Å². The van der Waals surface area contributed by atoms with E-state index in [4.69, 9.17) is 16.6 Å². The summed E-state index contributed by atoms with van der Waals surface area (Å²) in [6.45, 7) is 8.35. The Bertz CT molecular complexity index is 690. The van der Waals surface area contributed by atoms with Gasteiger partial charge in [0.25, 0.3) is 0 Å². The number of guanidine groups is 1. The van der Waals surface area contributed by atoms with E-state index in [1.807, 2.05) is 17.0 Å². The minimum atomic E-state index is 0.244. The third kappa shape index (κ3) is 6.61. The number of nitrogens with zero attached hydrogens (tertiary/aromatic N) is 3. The number of hydrogen-bond donors (Lipinski definition) is 2. The van der Waals surface area contributed by atoms with Crippen LogP contribution < -0.4 is 10.6 Å². The van der Waals surface area contributed by atoms with Crippen molar-refractivity contribution < 1.29 is 4.79 Å². The molecule has 0 aliphatic carbocycles. The Kier molecular flexibility index (Phi) is 8.62. The Hall–Kier alpha value is -1.79. The molecular formula is C22H34ClN5O. The van der Waals surface area contributed by atoms with E-state index < -0.39 is 0 Å². The van der Waals surface area contributed by atoms with Gasteiger partial charge in [-0.3, -0.25) is 14.7 Å². The van der Waals surface area contributed by atoms with Crippen molar-refractivity contribution in [1.29, 1.82) is 0 Å². The summed E-state index contributed by atoms with van der Waals surface area (Å²) in [4.78, 5) is 21.1. The van der Waals surface area contributed by atoms with Gasteiger partial charge in [0.15, 0.2) is 5.96 Å². The number of aliphatic imine (C=N–C) groups is 1. The smallest absolute Gasteiger partial charge is 0.222 e. The van der Waals surface area contributed by atoms with Gasteiger partial charge in [-0.05, 0) is 63.4 Å². The Morgan fingerprint density at radius 2 is 2.03 bits per heavy atom.